The number of hydrogen-bond donors (Lipinski definition) is 2. The van der Waals surface area contributed by atoms with Crippen molar-refractivity contribution in [3.63, 3.8) is 0 Å². The van der Waals surface area contributed by atoms with E-state index >= 15 is 0 Å². The zero-order chi connectivity index (χ0) is 16.0. The number of carbonyl (C=O) groups is 2. The molecular formula is C13H14F3NO4. The zero-order valence-electron chi connectivity index (χ0n) is 11.1. The molecule has 0 aliphatic rings. The van der Waals surface area contributed by atoms with Crippen LogP contribution in [0.2, 0.25) is 0 Å². The average molecular weight is 305 g/mol. The van der Waals surface area contributed by atoms with Gasteiger partial charge in [0.2, 0.25) is 0 Å². The molecule has 0 aliphatic heterocycles. The highest BCUT2D eigenvalue weighted by molar-refractivity contribution is 5.84. The Morgan fingerprint density at radius 1 is 1.29 bits per heavy atom. The maximum atomic E-state index is 12.2. The molecule has 0 aromatic heterocycles. The summed E-state index contributed by atoms with van der Waals surface area (Å²) in [5.74, 6) is -2.33. The van der Waals surface area contributed by atoms with Crippen LogP contribution in [0.15, 0.2) is 24.3 Å². The average Bonchev–Trinajstić information content (AvgIpc) is 2.35. The van der Waals surface area contributed by atoms with Gasteiger partial charge in [0.15, 0.2) is 6.61 Å². The number of amides is 1. The highest BCUT2D eigenvalue weighted by Gasteiger charge is 2.36. The van der Waals surface area contributed by atoms with Crippen LogP contribution in [0.25, 0.3) is 0 Å². The lowest BCUT2D eigenvalue weighted by Crippen LogP contribution is -2.45. The number of carboxylic acids is 1. The number of aryl methyl sites for hydroxylation is 1. The number of alkyl halides is 3. The van der Waals surface area contributed by atoms with Gasteiger partial charge < -0.3 is 15.2 Å². The third-order valence-corrected chi connectivity index (χ3v) is 2.46. The van der Waals surface area contributed by atoms with E-state index in [0.717, 1.165) is 5.56 Å². The van der Waals surface area contributed by atoms with Gasteiger partial charge >= 0.3 is 12.1 Å². The molecule has 5 nitrogen and oxygen atoms in total. The van der Waals surface area contributed by atoms with Gasteiger partial charge in [-0.05, 0) is 19.1 Å². The molecule has 116 valence electrons. The van der Waals surface area contributed by atoms with Crippen molar-refractivity contribution in [1.82, 2.24) is 5.32 Å². The summed E-state index contributed by atoms with van der Waals surface area (Å²) >= 11 is 0. The second kappa shape index (κ2) is 6.96. The lowest BCUT2D eigenvalue weighted by Gasteiger charge is -2.16. The number of nitrogens with one attached hydrogen (secondary N) is 1. The first kappa shape index (κ1) is 16.8. The van der Waals surface area contributed by atoms with Crippen molar-refractivity contribution in [2.45, 2.75) is 25.6 Å². The van der Waals surface area contributed by atoms with Gasteiger partial charge in [0, 0.05) is 0 Å². The Bertz CT molecular complexity index is 499. The largest absolute Gasteiger partial charge is 0.484 e. The van der Waals surface area contributed by atoms with E-state index in [0.29, 0.717) is 5.75 Å². The molecule has 0 saturated carbocycles. The summed E-state index contributed by atoms with van der Waals surface area (Å²) < 4.78 is 41.5. The number of hydrogen-bond acceptors (Lipinski definition) is 3. The first-order valence-electron chi connectivity index (χ1n) is 5.96. The third-order valence-electron chi connectivity index (χ3n) is 2.46. The number of aliphatic carboxylic acids is 1. The van der Waals surface area contributed by atoms with Crippen LogP contribution in [0, 0.1) is 6.92 Å². The Hall–Kier alpha value is -2.25. The second-order valence-electron chi connectivity index (χ2n) is 4.38. The van der Waals surface area contributed by atoms with Crippen molar-refractivity contribution in [3.05, 3.63) is 29.8 Å². The summed E-state index contributed by atoms with van der Waals surface area (Å²) in [6.45, 7) is 1.29. The summed E-state index contributed by atoms with van der Waals surface area (Å²) in [5.41, 5.74) is 0.975. The Morgan fingerprint density at radius 2 is 1.86 bits per heavy atom. The number of carbonyl (C=O) groups excluding carboxylic acids is 1. The summed E-state index contributed by atoms with van der Waals surface area (Å²) in [6.07, 6.45) is -6.33. The highest BCUT2D eigenvalue weighted by Crippen LogP contribution is 2.21. The van der Waals surface area contributed by atoms with E-state index in [4.69, 9.17) is 9.84 Å². The smallest absolute Gasteiger partial charge is 0.391 e. The maximum absolute atomic E-state index is 12.2. The van der Waals surface area contributed by atoms with E-state index in [9.17, 15) is 22.8 Å². The van der Waals surface area contributed by atoms with Gasteiger partial charge in [0.05, 0.1) is 6.42 Å². The lowest BCUT2D eigenvalue weighted by atomic mass is 10.2. The van der Waals surface area contributed by atoms with Crippen LogP contribution in [0.4, 0.5) is 13.2 Å². The van der Waals surface area contributed by atoms with Crippen LogP contribution in [0.3, 0.4) is 0 Å². The van der Waals surface area contributed by atoms with E-state index in [2.05, 4.69) is 0 Å². The van der Waals surface area contributed by atoms with Crippen LogP contribution < -0.4 is 10.1 Å². The minimum absolute atomic E-state index is 0.360. The first-order chi connectivity index (χ1) is 9.67. The van der Waals surface area contributed by atoms with E-state index in [1.54, 1.807) is 29.6 Å². The third kappa shape index (κ3) is 6.64. The number of carboxylic acid groups (broad SMARTS) is 1. The van der Waals surface area contributed by atoms with E-state index in [1.807, 2.05) is 6.92 Å². The van der Waals surface area contributed by atoms with Crippen LogP contribution in [0.1, 0.15) is 12.0 Å². The summed E-state index contributed by atoms with van der Waals surface area (Å²) in [7, 11) is 0. The molecule has 0 bridgehead atoms. The van der Waals surface area contributed by atoms with E-state index < -0.39 is 37.1 Å². The summed E-state index contributed by atoms with van der Waals surface area (Å²) in [5, 5.41) is 10.4. The Kier molecular flexibility index (Phi) is 5.57. The molecule has 8 heteroatoms. The van der Waals surface area contributed by atoms with E-state index in [1.165, 1.54) is 0 Å². The van der Waals surface area contributed by atoms with Gasteiger partial charge in [0.1, 0.15) is 11.8 Å². The quantitative estimate of drug-likeness (QED) is 0.841. The van der Waals surface area contributed by atoms with Gasteiger partial charge in [-0.25, -0.2) is 4.79 Å². The molecule has 0 spiro atoms. The predicted molar refractivity (Wildman–Crippen MR) is 66.9 cm³/mol. The molecule has 0 aliphatic carbocycles. The van der Waals surface area contributed by atoms with Crippen LogP contribution in [0.5, 0.6) is 5.75 Å². The van der Waals surface area contributed by atoms with Crippen LogP contribution in [-0.4, -0.2) is 35.8 Å². The maximum Gasteiger partial charge on any atom is 0.391 e. The second-order valence-corrected chi connectivity index (χ2v) is 4.38. The van der Waals surface area contributed by atoms with Gasteiger partial charge in [-0.15, -0.1) is 0 Å². The molecule has 21 heavy (non-hydrogen) atoms. The molecule has 1 atom stereocenters. The summed E-state index contributed by atoms with van der Waals surface area (Å²) in [6, 6.07) is 4.62. The molecule has 0 radical (unpaired) electrons. The standard InChI is InChI=1S/C13H14F3NO4/c1-8-2-4-9(5-3-8)21-7-11(18)17-10(12(19)20)6-13(14,15)16/h2-5,10H,6-7H2,1H3,(H,17,18)(H,19,20). The van der Waals surface area contributed by atoms with Crippen molar-refractivity contribution in [3.8, 4) is 5.75 Å². The summed E-state index contributed by atoms with van der Waals surface area (Å²) in [4.78, 5) is 22.1. The molecule has 1 aromatic rings. The highest BCUT2D eigenvalue weighted by atomic mass is 19.4. The normalized spacial score (nSPS) is 12.6. The topological polar surface area (TPSA) is 75.6 Å². The molecule has 1 aromatic carbocycles. The molecule has 1 amide bonds. The fourth-order valence-corrected chi connectivity index (χ4v) is 1.45. The Morgan fingerprint density at radius 3 is 2.33 bits per heavy atom. The van der Waals surface area contributed by atoms with Crippen LogP contribution >= 0.6 is 0 Å². The lowest BCUT2D eigenvalue weighted by molar-refractivity contribution is -0.160. The van der Waals surface area contributed by atoms with Gasteiger partial charge in [0.25, 0.3) is 5.91 Å². The number of ether oxygens (including phenoxy) is 1. The van der Waals surface area contributed by atoms with E-state index in [-0.39, 0.29) is 0 Å². The number of benzene rings is 1. The molecule has 1 rings (SSSR count). The molecule has 0 saturated heterocycles. The predicted octanol–water partition coefficient (Wildman–Crippen LogP) is 1.90. The number of halogens is 3. The monoisotopic (exact) mass is 305 g/mol. The molecule has 0 fully saturated rings. The first-order valence-corrected chi connectivity index (χ1v) is 5.96. The molecule has 0 heterocycles. The fourth-order valence-electron chi connectivity index (χ4n) is 1.45. The SMILES string of the molecule is Cc1ccc(OCC(=O)NC(CC(F)(F)F)C(=O)O)cc1. The van der Waals surface area contributed by atoms with Crippen molar-refractivity contribution in [2.24, 2.45) is 0 Å². The Balaban J connectivity index is 2.50. The molecular weight excluding hydrogens is 291 g/mol. The van der Waals surface area contributed by atoms with Crippen LogP contribution in [-0.2, 0) is 9.59 Å². The van der Waals surface area contributed by atoms with Gasteiger partial charge in [-0.2, -0.15) is 13.2 Å². The van der Waals surface area contributed by atoms with Gasteiger partial charge in [-0.3, -0.25) is 4.79 Å². The van der Waals surface area contributed by atoms with Crippen molar-refractivity contribution in [1.29, 1.82) is 0 Å². The number of rotatable bonds is 6. The fraction of sp³-hybridized carbons (Fsp3) is 0.385. The zero-order valence-corrected chi connectivity index (χ0v) is 11.1. The molecule has 1 unspecified atom stereocenters. The van der Waals surface area contributed by atoms with Crippen molar-refractivity contribution in [2.75, 3.05) is 6.61 Å². The minimum Gasteiger partial charge on any atom is -0.484 e. The van der Waals surface area contributed by atoms with Crippen molar-refractivity contribution < 1.29 is 32.6 Å². The molecule has 2 N–H and O–H groups in total. The van der Waals surface area contributed by atoms with Gasteiger partial charge in [-0.1, -0.05) is 17.7 Å². The van der Waals surface area contributed by atoms with Crippen molar-refractivity contribution >= 4 is 11.9 Å². The Labute approximate surface area is 118 Å². The minimum atomic E-state index is -4.69.